The van der Waals surface area contributed by atoms with E-state index >= 15 is 0 Å². The van der Waals surface area contributed by atoms with E-state index in [9.17, 15) is 13.6 Å². The molecule has 0 aliphatic rings. The standard InChI is InChI=1S/C20H19ClF2N4O2/c1-27(2)19-15(22)10-14(11-16(19)23)24-17(28)4-3-5-18-25-20(26-29-18)12-6-8-13(21)9-7-12/h6-11H,3-5H2,1-2H3,(H,24,28). The van der Waals surface area contributed by atoms with Gasteiger partial charge in [0.05, 0.1) is 0 Å². The number of carbonyl (C=O) groups excluding carboxylic acids is 1. The molecule has 0 saturated heterocycles. The molecule has 0 fully saturated rings. The molecule has 6 nitrogen and oxygen atoms in total. The molecule has 1 amide bonds. The summed E-state index contributed by atoms with van der Waals surface area (Å²) in [5.41, 5.74) is 0.682. The van der Waals surface area contributed by atoms with Gasteiger partial charge in [0, 0.05) is 43.2 Å². The third-order valence-corrected chi connectivity index (χ3v) is 4.36. The number of benzene rings is 2. The lowest BCUT2D eigenvalue weighted by Crippen LogP contribution is -2.15. The first kappa shape index (κ1) is 20.7. The summed E-state index contributed by atoms with van der Waals surface area (Å²) in [5, 5.41) is 7.01. The molecule has 0 aliphatic carbocycles. The quantitative estimate of drug-likeness (QED) is 0.600. The van der Waals surface area contributed by atoms with Crippen molar-refractivity contribution in [1.82, 2.24) is 10.1 Å². The Morgan fingerprint density at radius 2 is 1.83 bits per heavy atom. The molecule has 0 saturated carbocycles. The smallest absolute Gasteiger partial charge is 0.226 e. The Morgan fingerprint density at radius 3 is 2.45 bits per heavy atom. The van der Waals surface area contributed by atoms with Crippen LogP contribution in [0.5, 0.6) is 0 Å². The van der Waals surface area contributed by atoms with Crippen molar-refractivity contribution < 1.29 is 18.1 Å². The molecule has 0 spiro atoms. The van der Waals surface area contributed by atoms with Crippen molar-refractivity contribution in [2.45, 2.75) is 19.3 Å². The molecular weight excluding hydrogens is 402 g/mol. The summed E-state index contributed by atoms with van der Waals surface area (Å²) in [7, 11) is 3.07. The number of rotatable bonds is 7. The molecular formula is C20H19ClF2N4O2. The van der Waals surface area contributed by atoms with Crippen LogP contribution in [0.25, 0.3) is 11.4 Å². The van der Waals surface area contributed by atoms with Crippen molar-refractivity contribution in [3.63, 3.8) is 0 Å². The SMILES string of the molecule is CN(C)c1c(F)cc(NC(=O)CCCc2nc(-c3ccc(Cl)cc3)no2)cc1F. The summed E-state index contributed by atoms with van der Waals surface area (Å²) in [4.78, 5) is 17.7. The number of hydrogen-bond donors (Lipinski definition) is 1. The second-order valence-corrected chi connectivity index (χ2v) is 7.04. The van der Waals surface area contributed by atoms with Gasteiger partial charge in [0.15, 0.2) is 11.6 Å². The minimum absolute atomic E-state index is 0.0680. The van der Waals surface area contributed by atoms with E-state index in [4.69, 9.17) is 16.1 Å². The van der Waals surface area contributed by atoms with Gasteiger partial charge in [0.2, 0.25) is 17.6 Å². The van der Waals surface area contributed by atoms with Crippen LogP contribution in [0.15, 0.2) is 40.9 Å². The molecule has 1 aromatic heterocycles. The molecule has 1 N–H and O–H groups in total. The molecule has 2 aromatic carbocycles. The number of amides is 1. The molecule has 0 atom stereocenters. The van der Waals surface area contributed by atoms with Gasteiger partial charge in [-0.3, -0.25) is 4.79 Å². The highest BCUT2D eigenvalue weighted by Gasteiger charge is 2.15. The van der Waals surface area contributed by atoms with E-state index < -0.39 is 11.6 Å². The lowest BCUT2D eigenvalue weighted by atomic mass is 10.2. The normalized spacial score (nSPS) is 10.8. The van der Waals surface area contributed by atoms with Crippen molar-refractivity contribution in [2.75, 3.05) is 24.3 Å². The maximum atomic E-state index is 14.0. The predicted molar refractivity (Wildman–Crippen MR) is 107 cm³/mol. The van der Waals surface area contributed by atoms with Crippen molar-refractivity contribution in [1.29, 1.82) is 0 Å². The van der Waals surface area contributed by atoms with E-state index in [1.54, 1.807) is 24.3 Å². The number of hydrogen-bond acceptors (Lipinski definition) is 5. The van der Waals surface area contributed by atoms with Crippen LogP contribution in [0.3, 0.4) is 0 Å². The zero-order valence-electron chi connectivity index (χ0n) is 15.9. The second kappa shape index (κ2) is 9.00. The van der Waals surface area contributed by atoms with Crippen LogP contribution in [0.4, 0.5) is 20.2 Å². The maximum Gasteiger partial charge on any atom is 0.226 e. The van der Waals surface area contributed by atoms with Gasteiger partial charge in [-0.1, -0.05) is 16.8 Å². The number of nitrogens with zero attached hydrogens (tertiary/aromatic N) is 3. The van der Waals surface area contributed by atoms with E-state index in [0.29, 0.717) is 29.6 Å². The van der Waals surface area contributed by atoms with Crippen molar-refractivity contribution >= 4 is 28.9 Å². The van der Waals surface area contributed by atoms with Gasteiger partial charge in [-0.05, 0) is 42.8 Å². The minimum atomic E-state index is -0.745. The number of anilines is 2. The Bertz CT molecular complexity index is 983. The first-order chi connectivity index (χ1) is 13.8. The van der Waals surface area contributed by atoms with Gasteiger partial charge in [0.1, 0.15) is 5.69 Å². The van der Waals surface area contributed by atoms with Crippen LogP contribution in [-0.4, -0.2) is 30.1 Å². The Balaban J connectivity index is 1.52. The van der Waals surface area contributed by atoms with Gasteiger partial charge in [-0.2, -0.15) is 4.98 Å². The summed E-state index contributed by atoms with van der Waals surface area (Å²) in [6, 6.07) is 9.20. The highest BCUT2D eigenvalue weighted by Crippen LogP contribution is 2.25. The fourth-order valence-electron chi connectivity index (χ4n) is 2.76. The lowest BCUT2D eigenvalue weighted by Gasteiger charge is -2.15. The Hall–Kier alpha value is -3.00. The Morgan fingerprint density at radius 1 is 1.17 bits per heavy atom. The average molecular weight is 421 g/mol. The molecule has 3 rings (SSSR count). The van der Waals surface area contributed by atoms with Crippen molar-refractivity contribution in [2.24, 2.45) is 0 Å². The summed E-state index contributed by atoms with van der Waals surface area (Å²) in [5.74, 6) is -1.01. The lowest BCUT2D eigenvalue weighted by molar-refractivity contribution is -0.116. The number of aryl methyl sites for hydroxylation is 1. The third-order valence-electron chi connectivity index (χ3n) is 4.11. The number of halogens is 3. The van der Waals surface area contributed by atoms with Crippen LogP contribution >= 0.6 is 11.6 Å². The summed E-state index contributed by atoms with van der Waals surface area (Å²) in [6.45, 7) is 0. The fraction of sp³-hybridized carbons (Fsp3) is 0.250. The Kier molecular flexibility index (Phi) is 6.43. The first-order valence-corrected chi connectivity index (χ1v) is 9.26. The van der Waals surface area contributed by atoms with Crippen LogP contribution in [0.2, 0.25) is 5.02 Å². The molecule has 0 radical (unpaired) electrons. The number of aromatic nitrogens is 2. The summed E-state index contributed by atoms with van der Waals surface area (Å²) < 4.78 is 33.2. The van der Waals surface area contributed by atoms with Crippen LogP contribution in [-0.2, 0) is 11.2 Å². The second-order valence-electron chi connectivity index (χ2n) is 6.60. The molecule has 0 aliphatic heterocycles. The van der Waals surface area contributed by atoms with Crippen molar-refractivity contribution in [3.05, 3.63) is 58.9 Å². The molecule has 1 heterocycles. The monoisotopic (exact) mass is 420 g/mol. The van der Waals surface area contributed by atoms with E-state index in [-0.39, 0.29) is 23.7 Å². The number of carbonyl (C=O) groups is 1. The van der Waals surface area contributed by atoms with E-state index in [2.05, 4.69) is 15.5 Å². The molecule has 0 bridgehead atoms. The summed E-state index contributed by atoms with van der Waals surface area (Å²) >= 11 is 5.85. The zero-order chi connectivity index (χ0) is 21.0. The summed E-state index contributed by atoms with van der Waals surface area (Å²) in [6.07, 6.45) is 0.975. The molecule has 9 heteroatoms. The zero-order valence-corrected chi connectivity index (χ0v) is 16.6. The van der Waals surface area contributed by atoms with Gasteiger partial charge in [-0.25, -0.2) is 8.78 Å². The fourth-order valence-corrected chi connectivity index (χ4v) is 2.89. The predicted octanol–water partition coefficient (Wildman–Crippen LogP) is 4.70. The van der Waals surface area contributed by atoms with Gasteiger partial charge in [-0.15, -0.1) is 0 Å². The van der Waals surface area contributed by atoms with Gasteiger partial charge in [0.25, 0.3) is 0 Å². The topological polar surface area (TPSA) is 71.3 Å². The average Bonchev–Trinajstić information content (AvgIpc) is 3.10. The minimum Gasteiger partial charge on any atom is -0.373 e. The number of nitrogens with one attached hydrogen (secondary N) is 1. The van der Waals surface area contributed by atoms with E-state index in [0.717, 1.165) is 17.7 Å². The highest BCUT2D eigenvalue weighted by atomic mass is 35.5. The van der Waals surface area contributed by atoms with Crippen LogP contribution in [0.1, 0.15) is 18.7 Å². The Labute approximate surface area is 171 Å². The third kappa shape index (κ3) is 5.29. The van der Waals surface area contributed by atoms with Crippen LogP contribution < -0.4 is 10.2 Å². The molecule has 0 unspecified atom stereocenters. The molecule has 29 heavy (non-hydrogen) atoms. The first-order valence-electron chi connectivity index (χ1n) is 8.88. The van der Waals surface area contributed by atoms with E-state index in [1.807, 2.05) is 0 Å². The van der Waals surface area contributed by atoms with Crippen molar-refractivity contribution in [3.8, 4) is 11.4 Å². The maximum absolute atomic E-state index is 14.0. The van der Waals surface area contributed by atoms with E-state index in [1.165, 1.54) is 19.0 Å². The highest BCUT2D eigenvalue weighted by molar-refractivity contribution is 6.30. The molecule has 152 valence electrons. The molecule has 3 aromatic rings. The van der Waals surface area contributed by atoms with Crippen LogP contribution in [0, 0.1) is 11.6 Å². The van der Waals surface area contributed by atoms with Gasteiger partial charge >= 0.3 is 0 Å². The van der Waals surface area contributed by atoms with Gasteiger partial charge < -0.3 is 14.7 Å². The largest absolute Gasteiger partial charge is 0.373 e.